The molecule has 22 heavy (non-hydrogen) atoms. The van der Waals surface area contributed by atoms with Gasteiger partial charge in [0.1, 0.15) is 0 Å². The van der Waals surface area contributed by atoms with Crippen LogP contribution in [0.5, 0.6) is 0 Å². The molecular formula is C16H20N2O4. The van der Waals surface area contributed by atoms with Gasteiger partial charge in [-0.3, -0.25) is 9.59 Å². The van der Waals surface area contributed by atoms with Crippen molar-refractivity contribution in [1.29, 1.82) is 0 Å². The number of carboxylic acid groups (broad SMARTS) is 1. The average Bonchev–Trinajstić information content (AvgIpc) is 2.48. The van der Waals surface area contributed by atoms with E-state index in [0.29, 0.717) is 36.9 Å². The fraction of sp³-hybridized carbons (Fsp3) is 0.438. The zero-order chi connectivity index (χ0) is 16.1. The minimum atomic E-state index is -0.756. The Morgan fingerprint density at radius 2 is 1.64 bits per heavy atom. The van der Waals surface area contributed by atoms with Gasteiger partial charge < -0.3 is 15.7 Å². The van der Waals surface area contributed by atoms with Gasteiger partial charge in [0.2, 0.25) is 0 Å². The van der Waals surface area contributed by atoms with Gasteiger partial charge in [0.15, 0.2) is 5.78 Å². The Bertz CT molecular complexity index is 560. The number of nitrogens with one attached hydrogen (secondary N) is 2. The van der Waals surface area contributed by atoms with E-state index in [-0.39, 0.29) is 23.8 Å². The van der Waals surface area contributed by atoms with Crippen LogP contribution in [0.2, 0.25) is 0 Å². The number of amides is 2. The van der Waals surface area contributed by atoms with Crippen LogP contribution < -0.4 is 10.6 Å². The molecule has 1 aliphatic rings. The van der Waals surface area contributed by atoms with Crippen LogP contribution in [0.25, 0.3) is 0 Å². The van der Waals surface area contributed by atoms with Gasteiger partial charge in [-0.05, 0) is 56.9 Å². The van der Waals surface area contributed by atoms with Gasteiger partial charge >= 0.3 is 12.0 Å². The Hall–Kier alpha value is -2.37. The zero-order valence-corrected chi connectivity index (χ0v) is 12.5. The van der Waals surface area contributed by atoms with Gasteiger partial charge in [0.25, 0.3) is 0 Å². The number of Topliss-reactive ketones (excluding diaryl/α,β-unsaturated/α-hetero) is 1. The lowest BCUT2D eigenvalue weighted by atomic mass is 9.86. The zero-order valence-electron chi connectivity index (χ0n) is 12.5. The Balaban J connectivity index is 1.81. The second-order valence-corrected chi connectivity index (χ2v) is 5.62. The summed E-state index contributed by atoms with van der Waals surface area (Å²) in [6.07, 6.45) is 2.53. The van der Waals surface area contributed by atoms with Crippen LogP contribution in [-0.4, -0.2) is 28.9 Å². The molecular weight excluding hydrogens is 284 g/mol. The summed E-state index contributed by atoms with van der Waals surface area (Å²) in [6.45, 7) is 1.49. The second-order valence-electron chi connectivity index (χ2n) is 5.62. The molecule has 1 aromatic rings. The number of carbonyl (C=O) groups excluding carboxylic acids is 2. The highest BCUT2D eigenvalue weighted by molar-refractivity contribution is 5.95. The first-order chi connectivity index (χ1) is 10.5. The van der Waals surface area contributed by atoms with Crippen molar-refractivity contribution in [3.05, 3.63) is 29.8 Å². The van der Waals surface area contributed by atoms with E-state index in [2.05, 4.69) is 10.6 Å². The number of hydrogen-bond donors (Lipinski definition) is 3. The van der Waals surface area contributed by atoms with E-state index in [1.165, 1.54) is 6.92 Å². The highest BCUT2D eigenvalue weighted by Crippen LogP contribution is 2.24. The van der Waals surface area contributed by atoms with Gasteiger partial charge in [-0.25, -0.2) is 4.79 Å². The maximum Gasteiger partial charge on any atom is 0.319 e. The molecule has 2 amide bonds. The van der Waals surface area contributed by atoms with Crippen molar-refractivity contribution in [3.63, 3.8) is 0 Å². The van der Waals surface area contributed by atoms with Crippen LogP contribution in [0, 0.1) is 5.92 Å². The number of hydrogen-bond acceptors (Lipinski definition) is 3. The highest BCUT2D eigenvalue weighted by atomic mass is 16.4. The SMILES string of the molecule is CC(=O)c1ccc(NC(=O)NC2CCC(C(=O)O)CC2)cc1. The lowest BCUT2D eigenvalue weighted by Gasteiger charge is -2.26. The van der Waals surface area contributed by atoms with Crippen molar-refractivity contribution in [2.45, 2.75) is 38.6 Å². The topological polar surface area (TPSA) is 95.5 Å². The summed E-state index contributed by atoms with van der Waals surface area (Å²) in [4.78, 5) is 34.0. The van der Waals surface area contributed by atoms with Gasteiger partial charge in [-0.2, -0.15) is 0 Å². The third-order valence-corrected chi connectivity index (χ3v) is 3.96. The first-order valence-corrected chi connectivity index (χ1v) is 7.37. The Labute approximate surface area is 128 Å². The van der Waals surface area contributed by atoms with Gasteiger partial charge in [-0.15, -0.1) is 0 Å². The highest BCUT2D eigenvalue weighted by Gasteiger charge is 2.26. The fourth-order valence-electron chi connectivity index (χ4n) is 2.63. The lowest BCUT2D eigenvalue weighted by molar-refractivity contribution is -0.142. The number of urea groups is 1. The quantitative estimate of drug-likeness (QED) is 0.745. The molecule has 3 N–H and O–H groups in total. The van der Waals surface area contributed by atoms with E-state index in [9.17, 15) is 14.4 Å². The van der Waals surface area contributed by atoms with E-state index in [1.807, 2.05) is 0 Å². The molecule has 6 heteroatoms. The van der Waals surface area contributed by atoms with Gasteiger partial charge in [0, 0.05) is 17.3 Å². The lowest BCUT2D eigenvalue weighted by Crippen LogP contribution is -2.40. The van der Waals surface area contributed by atoms with Crippen LogP contribution >= 0.6 is 0 Å². The normalized spacial score (nSPS) is 21.0. The molecule has 0 saturated heterocycles. The molecule has 6 nitrogen and oxygen atoms in total. The molecule has 0 radical (unpaired) electrons. The van der Waals surface area contributed by atoms with Crippen molar-refractivity contribution >= 4 is 23.5 Å². The number of carbonyl (C=O) groups is 3. The summed E-state index contributed by atoms with van der Waals surface area (Å²) in [6, 6.07) is 6.38. The molecule has 0 spiro atoms. The molecule has 0 aliphatic heterocycles. The maximum atomic E-state index is 11.9. The summed E-state index contributed by atoms with van der Waals surface area (Å²) >= 11 is 0. The smallest absolute Gasteiger partial charge is 0.319 e. The van der Waals surface area contributed by atoms with Crippen LogP contribution in [-0.2, 0) is 4.79 Å². The van der Waals surface area contributed by atoms with Crippen LogP contribution in [0.4, 0.5) is 10.5 Å². The molecule has 118 valence electrons. The van der Waals surface area contributed by atoms with Crippen molar-refractivity contribution in [2.24, 2.45) is 5.92 Å². The van der Waals surface area contributed by atoms with Crippen LogP contribution in [0.3, 0.4) is 0 Å². The Morgan fingerprint density at radius 1 is 1.05 bits per heavy atom. The average molecular weight is 304 g/mol. The molecule has 2 rings (SSSR count). The number of ketones is 1. The summed E-state index contributed by atoms with van der Waals surface area (Å²) in [7, 11) is 0. The number of aliphatic carboxylic acids is 1. The van der Waals surface area contributed by atoms with Crippen molar-refractivity contribution in [2.75, 3.05) is 5.32 Å². The van der Waals surface area contributed by atoms with Gasteiger partial charge in [-0.1, -0.05) is 0 Å². The predicted molar refractivity (Wildman–Crippen MR) is 82.0 cm³/mol. The summed E-state index contributed by atoms with van der Waals surface area (Å²) in [5.74, 6) is -1.07. The third kappa shape index (κ3) is 4.31. The predicted octanol–water partition coefficient (Wildman–Crippen LogP) is 2.65. The number of rotatable bonds is 4. The molecule has 1 aromatic carbocycles. The maximum absolute atomic E-state index is 11.9. The first-order valence-electron chi connectivity index (χ1n) is 7.37. The number of anilines is 1. The molecule has 0 atom stereocenters. The van der Waals surface area contributed by atoms with Crippen molar-refractivity contribution < 1.29 is 19.5 Å². The standard InChI is InChI=1S/C16H20N2O4/c1-10(19)11-2-6-13(7-3-11)17-16(22)18-14-8-4-12(5-9-14)15(20)21/h2-3,6-7,12,14H,4-5,8-9H2,1H3,(H,20,21)(H2,17,18,22). The minimum Gasteiger partial charge on any atom is -0.481 e. The molecule has 0 bridgehead atoms. The molecule has 0 heterocycles. The van der Waals surface area contributed by atoms with E-state index in [1.54, 1.807) is 24.3 Å². The molecule has 0 aromatic heterocycles. The van der Waals surface area contributed by atoms with E-state index < -0.39 is 5.97 Å². The summed E-state index contributed by atoms with van der Waals surface area (Å²) in [5, 5.41) is 14.5. The monoisotopic (exact) mass is 304 g/mol. The summed E-state index contributed by atoms with van der Waals surface area (Å²) in [5.41, 5.74) is 1.21. The Kier molecular flexibility index (Phi) is 5.14. The van der Waals surface area contributed by atoms with Crippen LogP contribution in [0.1, 0.15) is 43.0 Å². The second kappa shape index (κ2) is 7.06. The molecule has 1 fully saturated rings. The first kappa shape index (κ1) is 16.0. The van der Waals surface area contributed by atoms with Crippen molar-refractivity contribution in [1.82, 2.24) is 5.32 Å². The molecule has 1 aliphatic carbocycles. The van der Waals surface area contributed by atoms with Crippen LogP contribution in [0.15, 0.2) is 24.3 Å². The fourth-order valence-corrected chi connectivity index (χ4v) is 2.63. The summed E-state index contributed by atoms with van der Waals surface area (Å²) < 4.78 is 0. The Morgan fingerprint density at radius 3 is 2.14 bits per heavy atom. The third-order valence-electron chi connectivity index (χ3n) is 3.96. The van der Waals surface area contributed by atoms with Crippen molar-refractivity contribution in [3.8, 4) is 0 Å². The van der Waals surface area contributed by atoms with E-state index in [0.717, 1.165) is 0 Å². The van der Waals surface area contributed by atoms with E-state index in [4.69, 9.17) is 5.11 Å². The minimum absolute atomic E-state index is 0.00657. The molecule has 1 saturated carbocycles. The van der Waals surface area contributed by atoms with E-state index >= 15 is 0 Å². The number of carboxylic acids is 1. The molecule has 0 unspecified atom stereocenters. The van der Waals surface area contributed by atoms with Gasteiger partial charge in [0.05, 0.1) is 5.92 Å². The number of benzene rings is 1. The largest absolute Gasteiger partial charge is 0.481 e.